The van der Waals surface area contributed by atoms with Crippen molar-refractivity contribution in [2.45, 2.75) is 37.6 Å². The van der Waals surface area contributed by atoms with E-state index in [0.29, 0.717) is 5.31 Å². The molecule has 1 fully saturated rings. The van der Waals surface area contributed by atoms with Crippen LogP contribution in [-0.2, 0) is 14.3 Å². The third-order valence-electron chi connectivity index (χ3n) is 2.34. The molecule has 1 rings (SSSR count). The van der Waals surface area contributed by atoms with Gasteiger partial charge in [-0.2, -0.15) is 0 Å². The molecule has 1 heterocycles. The third kappa shape index (κ3) is 2.69. The van der Waals surface area contributed by atoms with Gasteiger partial charge in [0.1, 0.15) is 18.3 Å². The van der Waals surface area contributed by atoms with Crippen LogP contribution in [0.5, 0.6) is 0 Å². The lowest BCUT2D eigenvalue weighted by molar-refractivity contribution is -0.271. The van der Waals surface area contributed by atoms with Crippen LogP contribution in [0.2, 0.25) is 1.41 Å². The maximum atomic E-state index is 11.4. The molecule has 0 aromatic carbocycles. The lowest BCUT2D eigenvalue weighted by atomic mass is 9.96. The fourth-order valence-corrected chi connectivity index (χ4v) is 1.58. The van der Waals surface area contributed by atoms with Crippen molar-refractivity contribution in [1.82, 2.24) is 5.31 Å². The first-order valence-corrected chi connectivity index (χ1v) is 4.80. The van der Waals surface area contributed by atoms with E-state index in [0.717, 1.165) is 6.92 Å². The minimum absolute atomic E-state index is 0.254. The van der Waals surface area contributed by atoms with E-state index in [1.165, 1.54) is 7.11 Å². The molecular weight excluding hydrogens is 218 g/mol. The molecule has 0 radical (unpaired) electrons. The second-order valence-corrected chi connectivity index (χ2v) is 3.51. The summed E-state index contributed by atoms with van der Waals surface area (Å²) in [5, 5.41) is 13.7. The average molecular weight is 239 g/mol. The molecule has 1 aliphatic rings. The first kappa shape index (κ1) is 8.37. The smallest absolute Gasteiger partial charge is 0.217 e. The van der Waals surface area contributed by atoms with Gasteiger partial charge in [-0.25, -0.2) is 0 Å². The molecule has 0 aromatic heterocycles. The van der Waals surface area contributed by atoms with Gasteiger partial charge in [0.2, 0.25) is 10.2 Å². The summed E-state index contributed by atoms with van der Waals surface area (Å²) in [5.41, 5.74) is 0. The van der Waals surface area contributed by atoms with Gasteiger partial charge in [-0.15, -0.1) is 0 Å². The molecule has 0 saturated carbocycles. The molecule has 5 atom stereocenters. The Balaban J connectivity index is 3.08. The molecule has 16 heavy (non-hydrogen) atoms. The van der Waals surface area contributed by atoms with E-state index in [2.05, 4.69) is 15.3 Å². The topological polar surface area (TPSA) is 108 Å². The van der Waals surface area contributed by atoms with Crippen LogP contribution in [0.15, 0.2) is 0 Å². The van der Waals surface area contributed by atoms with Gasteiger partial charge in [0, 0.05) is 14.0 Å². The number of methoxy groups -OCH3 is 1. The maximum absolute atomic E-state index is 11.4. The molecule has 0 aliphatic carbocycles. The number of amides is 1. The molecule has 0 unspecified atom stereocenters. The Bertz CT molecular complexity index is 325. The number of ether oxygens (including phenoxy) is 2. The number of aliphatic hydroxyl groups excluding tert-OH is 3. The van der Waals surface area contributed by atoms with Gasteiger partial charge in [-0.3, -0.25) is 4.79 Å². The first-order valence-electron chi connectivity index (χ1n) is 6.47. The summed E-state index contributed by atoms with van der Waals surface area (Å²) in [4.78, 5) is 11.4. The molecule has 4 N–H and O–H groups in total. The van der Waals surface area contributed by atoms with Crippen LogP contribution in [0, 0.1) is 0 Å². The van der Waals surface area contributed by atoms with Gasteiger partial charge in [0.05, 0.1) is 12.6 Å². The Morgan fingerprint density at radius 2 is 2.38 bits per heavy atom. The number of hydrogen-bond donors (Lipinski definition) is 4. The van der Waals surface area contributed by atoms with Gasteiger partial charge in [-0.05, 0) is 0 Å². The summed E-state index contributed by atoms with van der Waals surface area (Å²) in [5.74, 6) is -0.624. The average Bonchev–Trinajstić information content (AvgIpc) is 2.45. The van der Waals surface area contributed by atoms with Gasteiger partial charge >= 0.3 is 0 Å². The largest absolute Gasteiger partial charge is 0.394 e. The van der Waals surface area contributed by atoms with Gasteiger partial charge in [0.25, 0.3) is 0 Å². The number of carbonyl (C=O) groups is 1. The molecule has 0 bridgehead atoms. The first-order chi connectivity index (χ1) is 9.51. The van der Waals surface area contributed by atoms with Crippen LogP contribution in [-0.4, -0.2) is 69.9 Å². The highest BCUT2D eigenvalue weighted by Crippen LogP contribution is 2.21. The van der Waals surface area contributed by atoms with E-state index >= 15 is 0 Å². The third-order valence-corrected chi connectivity index (χ3v) is 2.34. The van der Waals surface area contributed by atoms with Crippen LogP contribution in [0.4, 0.5) is 0 Å². The van der Waals surface area contributed by atoms with Gasteiger partial charge in [0.15, 0.2) is 7.70 Å². The minimum atomic E-state index is -1.14. The second kappa shape index (κ2) is 5.55. The van der Waals surface area contributed by atoms with Crippen LogP contribution in [0.25, 0.3) is 0 Å². The van der Waals surface area contributed by atoms with Crippen LogP contribution < -0.4 is 5.31 Å². The van der Waals surface area contributed by atoms with Crippen molar-refractivity contribution < 1.29 is 31.0 Å². The number of hydrogen-bond acceptors (Lipinski definition) is 6. The summed E-state index contributed by atoms with van der Waals surface area (Å²) >= 11 is 0. The summed E-state index contributed by atoms with van der Waals surface area (Å²) < 4.78 is 39.0. The van der Waals surface area contributed by atoms with Crippen molar-refractivity contribution in [1.29, 1.82) is 4.29 Å². The Labute approximate surface area is 98.9 Å². The number of rotatable bonds is 6. The van der Waals surface area contributed by atoms with Crippen LogP contribution >= 0.6 is 0 Å². The fraction of sp³-hybridized carbons (Fsp3) is 0.889. The normalized spacial score (nSPS) is 42.8. The SMILES string of the molecule is [2H]OC[C@@H]1O[C@@H](OC)[C@@H](O[2H])[C@H](N([2H])C(C)=O)[C@H]1O[2H]. The molecule has 1 saturated heterocycles. The summed E-state index contributed by atoms with van der Waals surface area (Å²) in [6, 6.07) is -1.11. The molecular formula is C9H17NO6. The lowest BCUT2D eigenvalue weighted by Gasteiger charge is -2.41. The van der Waals surface area contributed by atoms with E-state index in [4.69, 9.17) is 15.2 Å². The van der Waals surface area contributed by atoms with Crippen molar-refractivity contribution in [2.24, 2.45) is 0 Å². The van der Waals surface area contributed by atoms with E-state index < -0.39 is 36.6 Å². The molecule has 7 nitrogen and oxygen atoms in total. The Morgan fingerprint density at radius 3 is 2.88 bits per heavy atom. The Kier molecular flexibility index (Phi) is 2.91. The Morgan fingerprint density at radius 1 is 1.62 bits per heavy atom. The quantitative estimate of drug-likeness (QED) is 0.411. The molecule has 0 spiro atoms. The van der Waals surface area contributed by atoms with E-state index in [1.54, 1.807) is 0 Å². The number of carbonyl (C=O) groups excluding carboxylic acids is 1. The van der Waals surface area contributed by atoms with Crippen molar-refractivity contribution in [3.05, 3.63) is 0 Å². The van der Waals surface area contributed by atoms with Crippen LogP contribution in [0.3, 0.4) is 0 Å². The van der Waals surface area contributed by atoms with Crippen molar-refractivity contribution in [3.63, 3.8) is 0 Å². The summed E-state index contributed by atoms with van der Waals surface area (Å²) in [6.45, 7) is 0.901. The van der Waals surface area contributed by atoms with E-state index in [1.807, 2.05) is 0 Å². The molecule has 94 valence electrons. The maximum Gasteiger partial charge on any atom is 0.217 e. The zero-order valence-electron chi connectivity index (χ0n) is 13.0. The van der Waals surface area contributed by atoms with Crippen LogP contribution in [0.1, 0.15) is 6.92 Å². The monoisotopic (exact) mass is 239 g/mol. The van der Waals surface area contributed by atoms with E-state index in [9.17, 15) is 4.79 Å². The molecule has 0 aromatic rings. The minimum Gasteiger partial charge on any atom is -0.394 e. The zero-order valence-corrected chi connectivity index (χ0v) is 8.99. The number of aliphatic hydroxyl groups is 3. The standard InChI is InChI=1S/C9H17NO6/c1-4(12)10-6-7(13)5(3-11)16-9(15-2)8(6)14/h5-9,11,13-14H,3H2,1-2H3,(H,10,12)/t5-,6+,7-,8-,9+/m0/s1/i11D,13D,14D/hD. The summed E-state index contributed by atoms with van der Waals surface area (Å²) in [6.07, 6.45) is -4.24. The highest BCUT2D eigenvalue weighted by atomic mass is 16.7. The zero-order chi connectivity index (χ0) is 15.3. The predicted molar refractivity (Wildman–Crippen MR) is 52.4 cm³/mol. The highest BCUT2D eigenvalue weighted by Gasteiger charge is 2.44. The van der Waals surface area contributed by atoms with Crippen molar-refractivity contribution in [3.8, 4) is 0 Å². The number of nitrogens with one attached hydrogen (secondary N) is 1. The molecule has 7 heteroatoms. The van der Waals surface area contributed by atoms with E-state index in [-0.39, 0.29) is 6.61 Å². The molecule has 1 aliphatic heterocycles. The Hall–Kier alpha value is -0.730. The van der Waals surface area contributed by atoms with Crippen molar-refractivity contribution >= 4 is 5.91 Å². The summed E-state index contributed by atoms with van der Waals surface area (Å²) in [7, 11) is 1.30. The lowest BCUT2D eigenvalue weighted by Crippen LogP contribution is -2.64. The predicted octanol–water partition coefficient (Wildman–Crippen LogP) is -2.42. The van der Waals surface area contributed by atoms with Crippen molar-refractivity contribution in [2.75, 3.05) is 13.7 Å². The molecule has 1 amide bonds. The fourth-order valence-electron chi connectivity index (χ4n) is 1.58. The van der Waals surface area contributed by atoms with Gasteiger partial charge in [-0.1, -0.05) is 0 Å². The van der Waals surface area contributed by atoms with Gasteiger partial charge < -0.3 is 30.1 Å². The second-order valence-electron chi connectivity index (χ2n) is 3.51. The highest BCUT2D eigenvalue weighted by molar-refractivity contribution is 5.73.